The van der Waals surface area contributed by atoms with Crippen molar-refractivity contribution >= 4 is 64.9 Å². The number of carbonyl (C=O) groups excluding carboxylic acids is 4. The number of phenols is 1. The van der Waals surface area contributed by atoms with Crippen molar-refractivity contribution in [1.29, 1.82) is 0 Å². The van der Waals surface area contributed by atoms with Crippen LogP contribution in [0.5, 0.6) is 11.5 Å². The summed E-state index contributed by atoms with van der Waals surface area (Å²) < 4.78 is 18.6. The van der Waals surface area contributed by atoms with Gasteiger partial charge in [0.2, 0.25) is 11.8 Å². The molecule has 10 nitrogen and oxygen atoms in total. The number of unbranched alkanes of at least 4 members (excludes halogenated alkanes) is 2. The van der Waals surface area contributed by atoms with Gasteiger partial charge in [0.1, 0.15) is 23.0 Å². The van der Waals surface area contributed by atoms with Crippen LogP contribution in [0.2, 0.25) is 0 Å². The van der Waals surface area contributed by atoms with E-state index in [4.69, 9.17) is 4.74 Å². The number of hydrogen-bond acceptors (Lipinski definition) is 8. The third kappa shape index (κ3) is 10.0. The number of thioether (sulfide) groups is 1. The second-order valence-electron chi connectivity index (χ2n) is 13.2. The van der Waals surface area contributed by atoms with E-state index in [0.717, 1.165) is 25.7 Å². The predicted octanol–water partition coefficient (Wildman–Crippen LogP) is 7.88. The van der Waals surface area contributed by atoms with Crippen LogP contribution in [0.3, 0.4) is 0 Å². The SMILES string of the molecule is CCCCC1(CCCC)C(=O)[SH]c2cc(OCC(=O)N[C@@H](C(=O)NCCP(C)(=O)CC)c3ccc(O)cc3)c(SC)cc2N(c2ccccc2)C1=O. The van der Waals surface area contributed by atoms with Crippen LogP contribution < -0.4 is 20.3 Å². The number of fused-ring (bicyclic) bond motifs is 1. The molecule has 13 heteroatoms. The number of phenolic OH excluding ortho intramolecular Hbond substituents is 1. The minimum absolute atomic E-state index is 0.0125. The molecular formula is C39H51N3O7PS2. The molecule has 1 unspecified atom stereocenters. The van der Waals surface area contributed by atoms with E-state index in [2.05, 4.69) is 24.5 Å². The predicted molar refractivity (Wildman–Crippen MR) is 212 cm³/mol. The van der Waals surface area contributed by atoms with Gasteiger partial charge in [0.15, 0.2) is 11.7 Å². The van der Waals surface area contributed by atoms with Crippen LogP contribution in [0.1, 0.15) is 70.9 Å². The molecule has 0 saturated heterocycles. The average Bonchev–Trinajstić information content (AvgIpc) is 3.22. The molecule has 0 fully saturated rings. The molecule has 52 heavy (non-hydrogen) atoms. The molecule has 1 aliphatic heterocycles. The second kappa shape index (κ2) is 18.9. The van der Waals surface area contributed by atoms with Crippen LogP contribution in [-0.2, 0) is 23.7 Å². The van der Waals surface area contributed by atoms with Gasteiger partial charge in [0.25, 0.3) is 5.91 Å². The second-order valence-corrected chi connectivity index (χ2v) is 18.8. The lowest BCUT2D eigenvalue weighted by Gasteiger charge is -2.34. The normalized spacial score (nSPS) is 15.6. The van der Waals surface area contributed by atoms with Crippen molar-refractivity contribution in [2.24, 2.45) is 5.41 Å². The van der Waals surface area contributed by atoms with E-state index in [1.54, 1.807) is 29.8 Å². The van der Waals surface area contributed by atoms with Crippen molar-refractivity contribution in [3.8, 4) is 11.5 Å². The van der Waals surface area contributed by atoms with Gasteiger partial charge in [-0.1, -0.05) is 76.8 Å². The topological polar surface area (TPSA) is 142 Å². The maximum Gasteiger partial charge on any atom is 0.258 e. The van der Waals surface area contributed by atoms with Crippen LogP contribution in [0.25, 0.3) is 0 Å². The lowest BCUT2D eigenvalue weighted by atomic mass is 9.77. The fourth-order valence-electron chi connectivity index (χ4n) is 6.04. The number of aromatic hydroxyl groups is 1. The number of nitrogens with one attached hydrogen (secondary N) is 2. The third-order valence-electron chi connectivity index (χ3n) is 9.38. The summed E-state index contributed by atoms with van der Waals surface area (Å²) in [6.45, 7) is 7.41. The van der Waals surface area contributed by atoms with Gasteiger partial charge < -0.3 is 25.0 Å². The molecule has 2 atom stereocenters. The first-order valence-electron chi connectivity index (χ1n) is 17.8. The van der Waals surface area contributed by atoms with E-state index in [9.17, 15) is 28.8 Å². The van der Waals surface area contributed by atoms with Crippen LogP contribution in [0, 0.1) is 5.41 Å². The van der Waals surface area contributed by atoms with Gasteiger partial charge in [-0.2, -0.15) is 0 Å². The summed E-state index contributed by atoms with van der Waals surface area (Å²) in [5, 5.41) is 15.2. The van der Waals surface area contributed by atoms with Crippen LogP contribution >= 0.6 is 30.7 Å². The molecular weight excluding hydrogens is 718 g/mol. The number of ether oxygens (including phenoxy) is 1. The van der Waals surface area contributed by atoms with Gasteiger partial charge in [0.05, 0.1) is 17.7 Å². The van der Waals surface area contributed by atoms with Gasteiger partial charge >= 0.3 is 0 Å². The number of benzene rings is 3. The van der Waals surface area contributed by atoms with Gasteiger partial charge in [-0.25, -0.2) is 0 Å². The highest BCUT2D eigenvalue weighted by Crippen LogP contribution is 2.51. The zero-order valence-electron chi connectivity index (χ0n) is 30.6. The van der Waals surface area contributed by atoms with Gasteiger partial charge in [0, 0.05) is 23.3 Å². The Labute approximate surface area is 315 Å². The third-order valence-corrected chi connectivity index (χ3v) is 13.9. The maximum atomic E-state index is 14.7. The van der Waals surface area contributed by atoms with Crippen LogP contribution in [-0.4, -0.2) is 66.3 Å². The first kappa shape index (κ1) is 41.0. The molecule has 1 radical (unpaired) electrons. The largest absolute Gasteiger partial charge is 0.508 e. The molecule has 3 aromatic carbocycles. The average molecular weight is 769 g/mol. The van der Waals surface area contributed by atoms with E-state index in [0.29, 0.717) is 69.4 Å². The van der Waals surface area contributed by atoms with Crippen LogP contribution in [0.4, 0.5) is 11.4 Å². The number of para-hydroxylation sites is 1. The van der Waals surface area contributed by atoms with E-state index in [1.165, 1.54) is 23.9 Å². The molecule has 281 valence electrons. The Bertz CT molecular complexity index is 1760. The number of rotatable bonds is 18. The van der Waals surface area contributed by atoms with Crippen molar-refractivity contribution in [1.82, 2.24) is 10.6 Å². The summed E-state index contributed by atoms with van der Waals surface area (Å²) in [6, 6.07) is 17.8. The Balaban J connectivity index is 1.64. The number of hydrogen-bond donors (Lipinski definition) is 4. The standard InChI is InChI=1S/C39H51N3O7PS2/c1-6-9-20-39(21-10-7-2)37(46)42(28-14-12-11-13-15-28)30-24-33(51-5)31(25-32(30)52-38(39)47)49-26-34(44)41-35(27-16-18-29(43)19-17-27)36(45)40-22-23-50(4,48)8-3/h11-19,24-25,35,43,52H,6-10,20-23,26H2,1-5H3,(H,40,45)(H,41,44)/t35-,50?/m1/s1. The highest BCUT2D eigenvalue weighted by atomic mass is 32.2. The summed E-state index contributed by atoms with van der Waals surface area (Å²) in [7, 11) is -2.38. The summed E-state index contributed by atoms with van der Waals surface area (Å²) >= 11 is 1.77. The van der Waals surface area contributed by atoms with E-state index >= 15 is 0 Å². The highest BCUT2D eigenvalue weighted by Gasteiger charge is 2.50. The fraction of sp³-hybridized carbons (Fsp3) is 0.436. The fourth-order valence-corrected chi connectivity index (χ4v) is 8.71. The maximum absolute atomic E-state index is 14.7. The van der Waals surface area contributed by atoms with E-state index < -0.39 is 37.0 Å². The molecule has 3 amide bonds. The number of thiol groups is 1. The Morgan fingerprint density at radius 1 is 1.00 bits per heavy atom. The Kier molecular flexibility index (Phi) is 14.9. The van der Waals surface area contributed by atoms with Crippen molar-refractivity contribution in [2.75, 3.05) is 43.3 Å². The molecule has 0 spiro atoms. The first-order valence-corrected chi connectivity index (χ1v) is 22.5. The van der Waals surface area contributed by atoms with Gasteiger partial charge in [-0.15, -0.1) is 23.5 Å². The quantitative estimate of drug-likeness (QED) is 0.0444. The highest BCUT2D eigenvalue weighted by molar-refractivity contribution is 8.14. The zero-order chi connectivity index (χ0) is 37.9. The lowest BCUT2D eigenvalue weighted by Crippen LogP contribution is -2.45. The number of carbonyl (C=O) groups is 4. The lowest BCUT2D eigenvalue weighted by molar-refractivity contribution is -0.136. The summed E-state index contributed by atoms with van der Waals surface area (Å²) in [5.41, 5.74) is 0.556. The molecule has 3 aromatic rings. The van der Waals surface area contributed by atoms with Gasteiger partial charge in [-0.05, 0) is 73.9 Å². The van der Waals surface area contributed by atoms with Crippen LogP contribution in [0.15, 0.2) is 76.5 Å². The minimum Gasteiger partial charge on any atom is -0.508 e. The number of anilines is 2. The minimum atomic E-state index is -2.38. The zero-order valence-corrected chi connectivity index (χ0v) is 33.3. The number of nitrogens with zero attached hydrogens (tertiary/aromatic N) is 1. The Hall–Kier alpha value is -3.73. The van der Waals surface area contributed by atoms with E-state index in [-0.39, 0.29) is 23.3 Å². The molecule has 0 bridgehead atoms. The summed E-state index contributed by atoms with van der Waals surface area (Å²) in [4.78, 5) is 58.7. The van der Waals surface area contributed by atoms with Crippen molar-refractivity contribution < 1.29 is 33.6 Å². The summed E-state index contributed by atoms with van der Waals surface area (Å²) in [6.07, 6.45) is 6.86. The van der Waals surface area contributed by atoms with E-state index in [1.807, 2.05) is 49.6 Å². The molecule has 0 aromatic heterocycles. The molecule has 0 aliphatic carbocycles. The Morgan fingerprint density at radius 3 is 2.25 bits per heavy atom. The van der Waals surface area contributed by atoms with Gasteiger partial charge in [-0.3, -0.25) is 24.1 Å². The smallest absolute Gasteiger partial charge is 0.258 e. The monoisotopic (exact) mass is 768 g/mol. The van der Waals surface area contributed by atoms with Crippen molar-refractivity contribution in [2.45, 2.75) is 75.1 Å². The summed E-state index contributed by atoms with van der Waals surface area (Å²) in [5.74, 6) is -0.883. The number of amides is 3. The molecule has 0 saturated carbocycles. The van der Waals surface area contributed by atoms with Crippen molar-refractivity contribution in [3.63, 3.8) is 0 Å². The molecule has 1 aliphatic rings. The first-order chi connectivity index (χ1) is 24.9. The molecule has 4 rings (SSSR count). The Morgan fingerprint density at radius 2 is 1.65 bits per heavy atom. The molecule has 3 N–H and O–H groups in total. The molecule has 1 heterocycles. The van der Waals surface area contributed by atoms with Crippen molar-refractivity contribution in [3.05, 3.63) is 72.3 Å².